The number of esters is 1. The number of benzene rings is 1. The fourth-order valence-electron chi connectivity index (χ4n) is 4.01. The quantitative estimate of drug-likeness (QED) is 0.640. The Hall–Kier alpha value is -2.83. The summed E-state index contributed by atoms with van der Waals surface area (Å²) in [6.07, 6.45) is 0.597. The number of hydrogen-bond donors (Lipinski definition) is 1. The first-order valence-corrected chi connectivity index (χ1v) is 8.54. The van der Waals surface area contributed by atoms with Crippen molar-refractivity contribution in [3.05, 3.63) is 35.0 Å². The van der Waals surface area contributed by atoms with Crippen molar-refractivity contribution >= 4 is 17.7 Å². The Bertz CT molecular complexity index is 842. The van der Waals surface area contributed by atoms with E-state index in [-0.39, 0.29) is 30.8 Å². The maximum Gasteiger partial charge on any atom is 0.316 e. The van der Waals surface area contributed by atoms with Gasteiger partial charge in [-0.25, -0.2) is 0 Å². The molecule has 0 fully saturated rings. The Morgan fingerprint density at radius 2 is 1.96 bits per heavy atom. The molecule has 0 bridgehead atoms. The van der Waals surface area contributed by atoms with Crippen LogP contribution < -0.4 is 14.8 Å². The minimum absolute atomic E-state index is 0.136. The largest absolute Gasteiger partial charge is 0.468 e. The highest BCUT2D eigenvalue weighted by atomic mass is 16.7. The summed E-state index contributed by atoms with van der Waals surface area (Å²) in [4.78, 5) is 37.5. The first kappa shape index (κ1) is 16.6. The van der Waals surface area contributed by atoms with Gasteiger partial charge in [0.25, 0.3) is 0 Å². The Labute approximate surface area is 150 Å². The molecule has 1 N–H and O–H groups in total. The van der Waals surface area contributed by atoms with Gasteiger partial charge < -0.3 is 19.5 Å². The number of amides is 1. The second-order valence-electron chi connectivity index (χ2n) is 6.86. The lowest BCUT2D eigenvalue weighted by Crippen LogP contribution is -2.44. The van der Waals surface area contributed by atoms with E-state index in [1.54, 1.807) is 12.1 Å². The van der Waals surface area contributed by atoms with Crippen LogP contribution >= 0.6 is 0 Å². The van der Waals surface area contributed by atoms with Gasteiger partial charge in [0.1, 0.15) is 5.92 Å². The average molecular weight is 357 g/mol. The summed E-state index contributed by atoms with van der Waals surface area (Å²) in [5, 5.41) is 2.82. The first-order chi connectivity index (χ1) is 12.5. The zero-order valence-corrected chi connectivity index (χ0v) is 14.5. The van der Waals surface area contributed by atoms with Crippen molar-refractivity contribution in [2.45, 2.75) is 25.7 Å². The molecule has 136 valence electrons. The number of hydrogen-bond acceptors (Lipinski definition) is 6. The monoisotopic (exact) mass is 357 g/mol. The number of nitrogens with one attached hydrogen (secondary N) is 1. The zero-order valence-electron chi connectivity index (χ0n) is 14.5. The second kappa shape index (κ2) is 6.16. The van der Waals surface area contributed by atoms with Gasteiger partial charge in [-0.1, -0.05) is 13.0 Å². The molecule has 2 aliphatic heterocycles. The number of ether oxygens (including phenoxy) is 3. The van der Waals surface area contributed by atoms with Crippen LogP contribution in [0.4, 0.5) is 0 Å². The van der Waals surface area contributed by atoms with Crippen molar-refractivity contribution < 1.29 is 28.6 Å². The smallest absolute Gasteiger partial charge is 0.316 e. The van der Waals surface area contributed by atoms with E-state index in [1.807, 2.05) is 13.0 Å². The third kappa shape index (κ3) is 2.55. The van der Waals surface area contributed by atoms with Gasteiger partial charge in [0.15, 0.2) is 17.3 Å². The predicted molar refractivity (Wildman–Crippen MR) is 89.4 cm³/mol. The highest BCUT2D eigenvalue weighted by Gasteiger charge is 2.45. The summed E-state index contributed by atoms with van der Waals surface area (Å²) in [5.74, 6) is -1.20. The number of rotatable bonds is 2. The second-order valence-corrected chi connectivity index (χ2v) is 6.86. The van der Waals surface area contributed by atoms with Crippen LogP contribution in [0.3, 0.4) is 0 Å². The zero-order chi connectivity index (χ0) is 18.4. The van der Waals surface area contributed by atoms with Crippen molar-refractivity contribution in [1.29, 1.82) is 0 Å². The predicted octanol–water partition coefficient (Wildman–Crippen LogP) is 1.67. The molecule has 1 aromatic carbocycles. The summed E-state index contributed by atoms with van der Waals surface area (Å²) in [7, 11) is 1.28. The normalized spacial score (nSPS) is 27.1. The molecule has 0 radical (unpaired) electrons. The summed E-state index contributed by atoms with van der Waals surface area (Å²) >= 11 is 0. The summed E-state index contributed by atoms with van der Waals surface area (Å²) in [6, 6.07) is 5.41. The van der Waals surface area contributed by atoms with Crippen molar-refractivity contribution in [1.82, 2.24) is 5.32 Å². The number of carbonyl (C=O) groups is 3. The summed E-state index contributed by atoms with van der Waals surface area (Å²) in [5.41, 5.74) is 1.90. The van der Waals surface area contributed by atoms with E-state index in [0.717, 1.165) is 5.56 Å². The molecule has 1 aromatic rings. The molecule has 3 atom stereocenters. The lowest BCUT2D eigenvalue weighted by molar-refractivity contribution is -0.151. The van der Waals surface area contributed by atoms with Gasteiger partial charge in [-0.3, -0.25) is 14.4 Å². The highest BCUT2D eigenvalue weighted by Crippen LogP contribution is 2.44. The molecule has 7 nitrogen and oxygen atoms in total. The van der Waals surface area contributed by atoms with Gasteiger partial charge >= 0.3 is 5.97 Å². The van der Waals surface area contributed by atoms with Crippen LogP contribution in [0.1, 0.15) is 31.2 Å². The van der Waals surface area contributed by atoms with Crippen molar-refractivity contribution in [3.8, 4) is 11.5 Å². The van der Waals surface area contributed by atoms with Gasteiger partial charge in [0.2, 0.25) is 12.7 Å². The van der Waals surface area contributed by atoms with Crippen LogP contribution in [-0.2, 0) is 19.1 Å². The number of Topliss-reactive ketones (excluding diaryl/α,β-unsaturated/α-hetero) is 1. The maximum absolute atomic E-state index is 13.1. The van der Waals surface area contributed by atoms with Crippen LogP contribution in [-0.4, -0.2) is 31.6 Å². The Morgan fingerprint density at radius 1 is 1.19 bits per heavy atom. The Morgan fingerprint density at radius 3 is 2.73 bits per heavy atom. The number of ketones is 1. The third-order valence-corrected chi connectivity index (χ3v) is 5.25. The average Bonchev–Trinajstić information content (AvgIpc) is 3.08. The lowest BCUT2D eigenvalue weighted by Gasteiger charge is -2.36. The number of methoxy groups -OCH3 is 1. The molecule has 7 heteroatoms. The van der Waals surface area contributed by atoms with Gasteiger partial charge in [-0.15, -0.1) is 0 Å². The third-order valence-electron chi connectivity index (χ3n) is 5.25. The van der Waals surface area contributed by atoms with E-state index in [9.17, 15) is 14.4 Å². The van der Waals surface area contributed by atoms with Gasteiger partial charge in [0, 0.05) is 23.6 Å². The molecule has 3 aliphatic rings. The fraction of sp³-hybridized carbons (Fsp3) is 0.421. The van der Waals surface area contributed by atoms with Crippen molar-refractivity contribution in [2.75, 3.05) is 13.9 Å². The van der Waals surface area contributed by atoms with Crippen LogP contribution in [0, 0.1) is 11.8 Å². The molecule has 1 amide bonds. The SMILES string of the molecule is COC(=O)[C@H]1C(=O)C2=C(C[C@@H]1C)NC(=O)C[C@H]2c1ccc2c(c1)OCO2. The summed E-state index contributed by atoms with van der Waals surface area (Å²) < 4.78 is 15.6. The Kier molecular flexibility index (Phi) is 3.94. The molecule has 0 saturated carbocycles. The standard InChI is InChI=1S/C19H19NO6/c1-9-5-12-17(18(22)16(9)19(23)24-2)11(7-15(21)20-12)10-3-4-13-14(6-10)26-8-25-13/h3-4,6,9,11,16H,5,7-8H2,1-2H3,(H,20,21)/t9-,11-,16+/m0/s1. The molecule has 4 rings (SSSR count). The van der Waals surface area contributed by atoms with Gasteiger partial charge in [0.05, 0.1) is 7.11 Å². The van der Waals surface area contributed by atoms with E-state index >= 15 is 0 Å². The fourth-order valence-corrected chi connectivity index (χ4v) is 4.01. The topological polar surface area (TPSA) is 90.9 Å². The van der Waals surface area contributed by atoms with Crippen molar-refractivity contribution in [2.24, 2.45) is 11.8 Å². The van der Waals surface area contributed by atoms with Gasteiger partial charge in [-0.2, -0.15) is 0 Å². The molecule has 26 heavy (non-hydrogen) atoms. The van der Waals surface area contributed by atoms with E-state index < -0.39 is 17.8 Å². The lowest BCUT2D eigenvalue weighted by atomic mass is 9.70. The molecule has 1 aliphatic carbocycles. The van der Waals surface area contributed by atoms with E-state index in [4.69, 9.17) is 14.2 Å². The number of carbonyl (C=O) groups excluding carboxylic acids is 3. The van der Waals surface area contributed by atoms with Crippen molar-refractivity contribution in [3.63, 3.8) is 0 Å². The minimum Gasteiger partial charge on any atom is -0.468 e. The van der Waals surface area contributed by atoms with E-state index in [2.05, 4.69) is 5.32 Å². The van der Waals surface area contributed by atoms with E-state index in [0.29, 0.717) is 29.2 Å². The van der Waals surface area contributed by atoms with Crippen LogP contribution in [0.5, 0.6) is 11.5 Å². The maximum atomic E-state index is 13.1. The van der Waals surface area contributed by atoms with E-state index in [1.165, 1.54) is 7.11 Å². The number of allylic oxidation sites excluding steroid dienone is 2. The molecule has 2 heterocycles. The molecular formula is C19H19NO6. The molecule has 0 aromatic heterocycles. The number of fused-ring (bicyclic) bond motifs is 1. The first-order valence-electron chi connectivity index (χ1n) is 8.54. The Balaban J connectivity index is 1.77. The molecule has 0 spiro atoms. The molecular weight excluding hydrogens is 338 g/mol. The molecule has 0 saturated heterocycles. The minimum atomic E-state index is -0.842. The van der Waals surface area contributed by atoms with Crippen LogP contribution in [0.15, 0.2) is 29.5 Å². The van der Waals surface area contributed by atoms with Gasteiger partial charge in [-0.05, 0) is 30.0 Å². The van der Waals surface area contributed by atoms with Crippen LogP contribution in [0.25, 0.3) is 0 Å². The molecule has 0 unspecified atom stereocenters. The van der Waals surface area contributed by atoms with Crippen LogP contribution in [0.2, 0.25) is 0 Å². The summed E-state index contributed by atoms with van der Waals surface area (Å²) in [6.45, 7) is 1.97. The highest BCUT2D eigenvalue weighted by molar-refractivity contribution is 6.11.